The molecule has 0 unspecified atom stereocenters. The molecular formula is C23H27N5O2. The van der Waals surface area contributed by atoms with Crippen LogP contribution in [0, 0.1) is 5.92 Å². The smallest absolute Gasteiger partial charge is 0.233 e. The molecule has 0 spiro atoms. The highest BCUT2D eigenvalue weighted by atomic mass is 16.5. The van der Waals surface area contributed by atoms with Crippen LogP contribution in [0.15, 0.2) is 36.5 Å². The Morgan fingerprint density at radius 3 is 3.00 bits per heavy atom. The Morgan fingerprint density at radius 2 is 2.20 bits per heavy atom. The van der Waals surface area contributed by atoms with Crippen molar-refractivity contribution in [2.24, 2.45) is 5.92 Å². The molecule has 3 heterocycles. The average Bonchev–Trinajstić information content (AvgIpc) is 3.18. The number of nitrogens with one attached hydrogen (secondary N) is 2. The van der Waals surface area contributed by atoms with Gasteiger partial charge in [-0.2, -0.15) is 0 Å². The zero-order valence-corrected chi connectivity index (χ0v) is 17.4. The second-order valence-corrected chi connectivity index (χ2v) is 8.55. The lowest BCUT2D eigenvalue weighted by atomic mass is 9.71. The molecule has 30 heavy (non-hydrogen) atoms. The number of carbonyl (C=O) groups is 1. The van der Waals surface area contributed by atoms with Gasteiger partial charge in [-0.15, -0.1) is 10.2 Å². The van der Waals surface area contributed by atoms with E-state index in [1.165, 1.54) is 29.1 Å². The summed E-state index contributed by atoms with van der Waals surface area (Å²) < 4.78 is 5.00. The fourth-order valence-electron chi connectivity index (χ4n) is 5.30. The van der Waals surface area contributed by atoms with Crippen LogP contribution in [0.2, 0.25) is 0 Å². The van der Waals surface area contributed by atoms with Gasteiger partial charge in [0.1, 0.15) is 0 Å². The summed E-state index contributed by atoms with van der Waals surface area (Å²) in [6.07, 6.45) is 5.77. The highest BCUT2D eigenvalue weighted by molar-refractivity contribution is 5.90. The van der Waals surface area contributed by atoms with E-state index in [9.17, 15) is 4.79 Å². The zero-order valence-electron chi connectivity index (χ0n) is 17.4. The number of ether oxygens (including phenoxy) is 1. The first-order chi connectivity index (χ1) is 14.6. The number of fused-ring (bicyclic) bond motifs is 2. The summed E-state index contributed by atoms with van der Waals surface area (Å²) in [6.45, 7) is 1.03. The van der Waals surface area contributed by atoms with Gasteiger partial charge in [0.25, 0.3) is 0 Å². The number of nitrogens with zero attached hydrogens (tertiary/aromatic N) is 3. The normalized spacial score (nSPS) is 23.2. The molecule has 0 radical (unpaired) electrons. The van der Waals surface area contributed by atoms with Crippen LogP contribution in [-0.2, 0) is 11.2 Å². The van der Waals surface area contributed by atoms with E-state index in [-0.39, 0.29) is 5.91 Å². The molecule has 1 saturated heterocycles. The van der Waals surface area contributed by atoms with E-state index >= 15 is 0 Å². The van der Waals surface area contributed by atoms with Gasteiger partial charge in [-0.3, -0.25) is 4.79 Å². The molecule has 1 aliphatic heterocycles. The SMILES string of the molecule is COc1ccc(NC(=O)CC[C@@H]2C[C@@H]3c4cccc5[nH]cc(c45)C[C@H]3N(C)C2)nn1. The maximum atomic E-state index is 12.4. The van der Waals surface area contributed by atoms with Crippen molar-refractivity contribution in [1.29, 1.82) is 0 Å². The Morgan fingerprint density at radius 1 is 1.30 bits per heavy atom. The highest BCUT2D eigenvalue weighted by Gasteiger charge is 2.39. The number of benzene rings is 1. The van der Waals surface area contributed by atoms with Crippen LogP contribution in [0.4, 0.5) is 5.82 Å². The molecule has 7 nitrogen and oxygen atoms in total. The minimum absolute atomic E-state index is 0.0158. The van der Waals surface area contributed by atoms with E-state index in [4.69, 9.17) is 4.74 Å². The summed E-state index contributed by atoms with van der Waals surface area (Å²) in [5.41, 5.74) is 4.15. The molecule has 2 aromatic heterocycles. The number of rotatable bonds is 5. The Bertz CT molecular complexity index is 1060. The van der Waals surface area contributed by atoms with Crippen LogP contribution in [0.1, 0.15) is 36.3 Å². The maximum Gasteiger partial charge on any atom is 0.233 e. The van der Waals surface area contributed by atoms with Gasteiger partial charge in [0, 0.05) is 48.1 Å². The predicted octanol–water partition coefficient (Wildman–Crippen LogP) is 3.35. The number of hydrogen-bond donors (Lipinski definition) is 2. The van der Waals surface area contributed by atoms with Gasteiger partial charge in [-0.1, -0.05) is 12.1 Å². The third-order valence-electron chi connectivity index (χ3n) is 6.71. The van der Waals surface area contributed by atoms with Crippen molar-refractivity contribution in [1.82, 2.24) is 20.1 Å². The molecule has 7 heteroatoms. The number of H-pyrrole nitrogens is 1. The van der Waals surface area contributed by atoms with Crippen molar-refractivity contribution in [3.05, 3.63) is 47.7 Å². The van der Waals surface area contributed by atoms with Crippen molar-refractivity contribution < 1.29 is 9.53 Å². The van der Waals surface area contributed by atoms with E-state index in [1.54, 1.807) is 12.1 Å². The molecular weight excluding hydrogens is 378 g/mol. The van der Waals surface area contributed by atoms with Crippen molar-refractivity contribution in [2.75, 3.05) is 26.0 Å². The van der Waals surface area contributed by atoms with Gasteiger partial charge in [0.15, 0.2) is 5.82 Å². The third-order valence-corrected chi connectivity index (χ3v) is 6.71. The molecule has 2 N–H and O–H groups in total. The van der Waals surface area contributed by atoms with Crippen molar-refractivity contribution in [3.8, 4) is 5.88 Å². The lowest BCUT2D eigenvalue weighted by molar-refractivity contribution is -0.116. The summed E-state index contributed by atoms with van der Waals surface area (Å²) in [5, 5.41) is 12.1. The molecule has 1 fully saturated rings. The van der Waals surface area contributed by atoms with Crippen molar-refractivity contribution in [3.63, 3.8) is 0 Å². The molecule has 0 saturated carbocycles. The van der Waals surface area contributed by atoms with Crippen LogP contribution in [-0.4, -0.2) is 52.7 Å². The van der Waals surface area contributed by atoms with Crippen LogP contribution < -0.4 is 10.1 Å². The molecule has 156 valence electrons. The number of carbonyl (C=O) groups excluding carboxylic acids is 1. The second kappa shape index (κ2) is 7.72. The number of likely N-dealkylation sites (N-methyl/N-ethyl adjacent to an activating group) is 1. The van der Waals surface area contributed by atoms with Gasteiger partial charge >= 0.3 is 0 Å². The summed E-state index contributed by atoms with van der Waals surface area (Å²) >= 11 is 0. The average molecular weight is 406 g/mol. The molecule has 3 atom stereocenters. The lowest BCUT2D eigenvalue weighted by Crippen LogP contribution is -2.47. The summed E-state index contributed by atoms with van der Waals surface area (Å²) in [4.78, 5) is 18.4. The molecule has 0 bridgehead atoms. The van der Waals surface area contributed by atoms with Crippen LogP contribution in [0.3, 0.4) is 0 Å². The van der Waals surface area contributed by atoms with E-state index in [1.807, 2.05) is 0 Å². The van der Waals surface area contributed by atoms with Gasteiger partial charge in [-0.05, 0) is 55.5 Å². The number of hydrogen-bond acceptors (Lipinski definition) is 5. The fourth-order valence-corrected chi connectivity index (χ4v) is 5.30. The van der Waals surface area contributed by atoms with E-state index in [0.717, 1.165) is 25.8 Å². The number of aromatic nitrogens is 3. The molecule has 1 aliphatic carbocycles. The number of likely N-dealkylation sites (tertiary alicyclic amines) is 1. The highest BCUT2D eigenvalue weighted by Crippen LogP contribution is 2.45. The molecule has 2 aliphatic rings. The first-order valence-corrected chi connectivity index (χ1v) is 10.6. The predicted molar refractivity (Wildman–Crippen MR) is 116 cm³/mol. The number of methoxy groups -OCH3 is 1. The van der Waals surface area contributed by atoms with Crippen LogP contribution >= 0.6 is 0 Å². The minimum Gasteiger partial charge on any atom is -0.480 e. The Kier molecular flexibility index (Phi) is 4.90. The van der Waals surface area contributed by atoms with E-state index in [0.29, 0.717) is 36.0 Å². The van der Waals surface area contributed by atoms with Crippen LogP contribution in [0.5, 0.6) is 5.88 Å². The summed E-state index contributed by atoms with van der Waals surface area (Å²) in [5.74, 6) is 1.90. The molecule has 5 rings (SSSR count). The van der Waals surface area contributed by atoms with Gasteiger partial charge in [-0.25, -0.2) is 0 Å². The monoisotopic (exact) mass is 405 g/mol. The number of anilines is 1. The Labute approximate surface area is 175 Å². The quantitative estimate of drug-likeness (QED) is 0.680. The summed E-state index contributed by atoms with van der Waals surface area (Å²) in [6, 6.07) is 10.6. The zero-order chi connectivity index (χ0) is 20.7. The number of aromatic amines is 1. The molecule has 1 amide bonds. The standard InChI is InChI=1S/C23H27N5O2/c1-28-13-14(6-8-21(29)25-20-7-9-22(30-2)27-26-20)10-17-16-4-3-5-18-23(16)15(12-24-18)11-19(17)28/h3-5,7,9,12,14,17,19,24H,6,8,10-11,13H2,1-2H3,(H,25,26,29)/t14-,17-,19-/m1/s1. The van der Waals surface area contributed by atoms with E-state index < -0.39 is 0 Å². The topological polar surface area (TPSA) is 83.1 Å². The summed E-state index contributed by atoms with van der Waals surface area (Å²) in [7, 11) is 3.77. The fraction of sp³-hybridized carbons (Fsp3) is 0.435. The molecule has 1 aromatic carbocycles. The minimum atomic E-state index is -0.0158. The second-order valence-electron chi connectivity index (χ2n) is 8.55. The van der Waals surface area contributed by atoms with E-state index in [2.05, 4.69) is 56.8 Å². The van der Waals surface area contributed by atoms with Crippen molar-refractivity contribution >= 4 is 22.6 Å². The Hall–Kier alpha value is -2.93. The maximum absolute atomic E-state index is 12.4. The Balaban J connectivity index is 1.24. The first kappa shape index (κ1) is 19.1. The molecule has 3 aromatic rings. The number of amides is 1. The third kappa shape index (κ3) is 3.43. The largest absolute Gasteiger partial charge is 0.480 e. The lowest BCUT2D eigenvalue weighted by Gasteiger charge is -2.45. The van der Waals surface area contributed by atoms with Crippen LogP contribution in [0.25, 0.3) is 10.9 Å². The number of piperidine rings is 1. The van der Waals surface area contributed by atoms with Gasteiger partial charge in [0.05, 0.1) is 7.11 Å². The van der Waals surface area contributed by atoms with Gasteiger partial charge < -0.3 is 19.9 Å². The van der Waals surface area contributed by atoms with Gasteiger partial charge in [0.2, 0.25) is 11.8 Å². The van der Waals surface area contributed by atoms with Crippen molar-refractivity contribution in [2.45, 2.75) is 37.6 Å². The first-order valence-electron chi connectivity index (χ1n) is 10.6.